The normalized spacial score (nSPS) is 19.3. The zero-order valence-electron chi connectivity index (χ0n) is 13.3. The van der Waals surface area contributed by atoms with Gasteiger partial charge in [0.1, 0.15) is 6.54 Å². The molecule has 128 valence electrons. The first-order valence-corrected chi connectivity index (χ1v) is 9.64. The van der Waals surface area contributed by atoms with Crippen LogP contribution in [0.5, 0.6) is 0 Å². The molecule has 1 N–H and O–H groups in total. The average Bonchev–Trinajstić information content (AvgIpc) is 3.14. The van der Waals surface area contributed by atoms with Gasteiger partial charge in [0.15, 0.2) is 9.84 Å². The number of carbonyl (C=O) groups is 1. The predicted molar refractivity (Wildman–Crippen MR) is 87.8 cm³/mol. The molecule has 0 spiro atoms. The second-order valence-corrected chi connectivity index (χ2v) is 8.09. The topological polar surface area (TPSA) is 107 Å². The van der Waals surface area contributed by atoms with Gasteiger partial charge in [0, 0.05) is 11.6 Å². The van der Waals surface area contributed by atoms with E-state index >= 15 is 0 Å². The summed E-state index contributed by atoms with van der Waals surface area (Å²) in [5, 5.41) is 14.7. The standard InChI is InChI=1S/C15H19N5O3S/c1-2-11-3-5-12(6-4-11)15-17-19-20(18-15)9-14(21)16-13-7-8-24(22,23)10-13/h3-6,13H,2,7-10H2,1H3,(H,16,21)/t13-/m1/s1. The van der Waals surface area contributed by atoms with Crippen molar-refractivity contribution in [2.75, 3.05) is 11.5 Å². The van der Waals surface area contributed by atoms with Gasteiger partial charge in [-0.05, 0) is 23.6 Å². The van der Waals surface area contributed by atoms with Crippen LogP contribution in [0.4, 0.5) is 0 Å². The molecule has 1 aromatic heterocycles. The number of hydrogen-bond acceptors (Lipinski definition) is 6. The van der Waals surface area contributed by atoms with Crippen LogP contribution in [0, 0.1) is 0 Å². The SMILES string of the molecule is CCc1ccc(-c2nnn(CC(=O)N[C@@H]3CCS(=O)(=O)C3)n2)cc1. The van der Waals surface area contributed by atoms with Crippen molar-refractivity contribution in [1.82, 2.24) is 25.5 Å². The summed E-state index contributed by atoms with van der Waals surface area (Å²) in [5.74, 6) is 0.256. The third-order valence-electron chi connectivity index (χ3n) is 3.96. The van der Waals surface area contributed by atoms with E-state index < -0.39 is 9.84 Å². The van der Waals surface area contributed by atoms with Crippen molar-refractivity contribution in [3.8, 4) is 11.4 Å². The minimum atomic E-state index is -3.02. The quantitative estimate of drug-likeness (QED) is 0.827. The molecule has 8 nitrogen and oxygen atoms in total. The Morgan fingerprint density at radius 1 is 1.33 bits per heavy atom. The molecule has 9 heteroatoms. The summed E-state index contributed by atoms with van der Waals surface area (Å²) in [6.07, 6.45) is 1.41. The molecule has 1 saturated heterocycles. The average molecular weight is 349 g/mol. The molecule has 1 atom stereocenters. The number of nitrogens with one attached hydrogen (secondary N) is 1. The van der Waals surface area contributed by atoms with Crippen LogP contribution >= 0.6 is 0 Å². The lowest BCUT2D eigenvalue weighted by molar-refractivity contribution is -0.122. The molecule has 1 aliphatic rings. The molecule has 1 amide bonds. The van der Waals surface area contributed by atoms with Gasteiger partial charge in [-0.1, -0.05) is 31.2 Å². The van der Waals surface area contributed by atoms with Gasteiger partial charge >= 0.3 is 0 Å². The number of sulfone groups is 1. The van der Waals surface area contributed by atoms with Crippen molar-refractivity contribution >= 4 is 15.7 Å². The second kappa shape index (κ2) is 6.68. The summed E-state index contributed by atoms with van der Waals surface area (Å²) in [6, 6.07) is 7.52. The highest BCUT2D eigenvalue weighted by atomic mass is 32.2. The number of nitrogens with zero attached hydrogens (tertiary/aromatic N) is 4. The maximum absolute atomic E-state index is 12.0. The number of rotatable bonds is 5. The highest BCUT2D eigenvalue weighted by molar-refractivity contribution is 7.91. The molecule has 0 radical (unpaired) electrons. The second-order valence-electron chi connectivity index (χ2n) is 5.86. The highest BCUT2D eigenvalue weighted by Crippen LogP contribution is 2.15. The van der Waals surface area contributed by atoms with Crippen molar-refractivity contribution in [3.05, 3.63) is 29.8 Å². The monoisotopic (exact) mass is 349 g/mol. The molecule has 0 aliphatic carbocycles. The Morgan fingerprint density at radius 2 is 2.08 bits per heavy atom. The van der Waals surface area contributed by atoms with E-state index in [4.69, 9.17) is 0 Å². The van der Waals surface area contributed by atoms with E-state index in [1.165, 1.54) is 10.4 Å². The Labute approximate surface area is 140 Å². The van der Waals surface area contributed by atoms with Gasteiger partial charge in [0.05, 0.1) is 11.5 Å². The Balaban J connectivity index is 1.60. The fraction of sp³-hybridized carbons (Fsp3) is 0.467. The van der Waals surface area contributed by atoms with Crippen molar-refractivity contribution in [1.29, 1.82) is 0 Å². The molecular weight excluding hydrogens is 330 g/mol. The lowest BCUT2D eigenvalue weighted by atomic mass is 10.1. The lowest BCUT2D eigenvalue weighted by Crippen LogP contribution is -2.38. The number of tetrazole rings is 1. The number of amides is 1. The van der Waals surface area contributed by atoms with Crippen molar-refractivity contribution in [3.63, 3.8) is 0 Å². The van der Waals surface area contributed by atoms with Gasteiger partial charge in [-0.3, -0.25) is 4.79 Å². The molecule has 1 aromatic carbocycles. The van der Waals surface area contributed by atoms with Crippen LogP contribution in [0.25, 0.3) is 11.4 Å². The minimum Gasteiger partial charge on any atom is -0.351 e. The van der Waals surface area contributed by atoms with E-state index in [2.05, 4.69) is 27.7 Å². The minimum absolute atomic E-state index is 0.00144. The number of carbonyl (C=O) groups excluding carboxylic acids is 1. The highest BCUT2D eigenvalue weighted by Gasteiger charge is 2.29. The van der Waals surface area contributed by atoms with Crippen LogP contribution < -0.4 is 5.32 Å². The van der Waals surface area contributed by atoms with Crippen LogP contribution in [0.15, 0.2) is 24.3 Å². The molecule has 24 heavy (non-hydrogen) atoms. The molecule has 0 unspecified atom stereocenters. The molecule has 0 bridgehead atoms. The predicted octanol–water partition coefficient (Wildman–Crippen LogP) is 0.206. The molecule has 1 fully saturated rings. The summed E-state index contributed by atoms with van der Waals surface area (Å²) in [5.41, 5.74) is 2.05. The third kappa shape index (κ3) is 3.97. The number of benzene rings is 1. The maximum Gasteiger partial charge on any atom is 0.243 e. The largest absolute Gasteiger partial charge is 0.351 e. The van der Waals surface area contributed by atoms with E-state index in [1.54, 1.807) is 0 Å². The molecule has 2 heterocycles. The van der Waals surface area contributed by atoms with Crippen LogP contribution in [-0.4, -0.2) is 52.1 Å². The van der Waals surface area contributed by atoms with E-state index in [9.17, 15) is 13.2 Å². The van der Waals surface area contributed by atoms with E-state index in [1.807, 2.05) is 24.3 Å². The number of hydrogen-bond donors (Lipinski definition) is 1. The fourth-order valence-corrected chi connectivity index (χ4v) is 4.30. The summed E-state index contributed by atoms with van der Waals surface area (Å²) >= 11 is 0. The number of aromatic nitrogens is 4. The molecular formula is C15H19N5O3S. The van der Waals surface area contributed by atoms with Gasteiger partial charge < -0.3 is 5.32 Å². The summed E-state index contributed by atoms with van der Waals surface area (Å²) in [4.78, 5) is 13.2. The van der Waals surface area contributed by atoms with Crippen LogP contribution in [0.3, 0.4) is 0 Å². The van der Waals surface area contributed by atoms with Crippen molar-refractivity contribution in [2.24, 2.45) is 0 Å². The summed E-state index contributed by atoms with van der Waals surface area (Å²) in [6.45, 7) is 1.99. The molecule has 0 saturated carbocycles. The Hall–Kier alpha value is -2.29. The Bertz CT molecular complexity index is 829. The fourth-order valence-electron chi connectivity index (χ4n) is 2.63. The zero-order valence-corrected chi connectivity index (χ0v) is 14.2. The van der Waals surface area contributed by atoms with Crippen LogP contribution in [0.2, 0.25) is 0 Å². The van der Waals surface area contributed by atoms with Crippen LogP contribution in [-0.2, 0) is 27.6 Å². The van der Waals surface area contributed by atoms with Gasteiger partial charge in [-0.2, -0.15) is 4.80 Å². The maximum atomic E-state index is 12.0. The number of aryl methyl sites for hydroxylation is 1. The van der Waals surface area contributed by atoms with Gasteiger partial charge in [0.25, 0.3) is 0 Å². The molecule has 2 aromatic rings. The van der Waals surface area contributed by atoms with Crippen molar-refractivity contribution in [2.45, 2.75) is 32.4 Å². The first-order chi connectivity index (χ1) is 11.4. The molecule has 1 aliphatic heterocycles. The van der Waals surface area contributed by atoms with Gasteiger partial charge in [0.2, 0.25) is 11.7 Å². The lowest BCUT2D eigenvalue weighted by Gasteiger charge is -2.09. The van der Waals surface area contributed by atoms with E-state index in [0.29, 0.717) is 12.2 Å². The Kier molecular flexibility index (Phi) is 4.61. The summed E-state index contributed by atoms with van der Waals surface area (Å²) in [7, 11) is -3.02. The van der Waals surface area contributed by atoms with E-state index in [0.717, 1.165) is 12.0 Å². The molecule has 3 rings (SSSR count). The van der Waals surface area contributed by atoms with Gasteiger partial charge in [-0.15, -0.1) is 10.2 Å². The van der Waals surface area contributed by atoms with Gasteiger partial charge in [-0.25, -0.2) is 8.42 Å². The third-order valence-corrected chi connectivity index (χ3v) is 5.72. The Morgan fingerprint density at radius 3 is 2.71 bits per heavy atom. The zero-order chi connectivity index (χ0) is 17.2. The van der Waals surface area contributed by atoms with Crippen molar-refractivity contribution < 1.29 is 13.2 Å². The summed E-state index contributed by atoms with van der Waals surface area (Å²) < 4.78 is 22.8. The van der Waals surface area contributed by atoms with Crippen LogP contribution in [0.1, 0.15) is 18.9 Å². The van der Waals surface area contributed by atoms with E-state index in [-0.39, 0.29) is 30.0 Å². The first kappa shape index (κ1) is 16.6. The first-order valence-electron chi connectivity index (χ1n) is 7.82. The smallest absolute Gasteiger partial charge is 0.243 e.